The van der Waals surface area contributed by atoms with Gasteiger partial charge in [0.15, 0.2) is 0 Å². The Hall–Kier alpha value is -0.950. The van der Waals surface area contributed by atoms with Crippen molar-refractivity contribution in [3.05, 3.63) is 54.6 Å². The quantitative estimate of drug-likeness (QED) is 0.653. The standard InChI is InChI=1S/C13H14S/c1-3-4-8-12-10(2)11-7-5-6-9-13(11)14-12/h3-10,12H,1H2,2H3/b8-4-. The second kappa shape index (κ2) is 4.05. The molecule has 1 aliphatic heterocycles. The third-order valence-electron chi connectivity index (χ3n) is 2.60. The van der Waals surface area contributed by atoms with E-state index in [9.17, 15) is 0 Å². The Balaban J connectivity index is 2.25. The molecule has 0 spiro atoms. The second-order valence-electron chi connectivity index (χ2n) is 3.53. The predicted molar refractivity (Wildman–Crippen MR) is 63.8 cm³/mol. The fourth-order valence-electron chi connectivity index (χ4n) is 1.78. The topological polar surface area (TPSA) is 0 Å². The van der Waals surface area contributed by atoms with Crippen LogP contribution in [0.15, 0.2) is 54.0 Å². The van der Waals surface area contributed by atoms with Crippen molar-refractivity contribution in [3.63, 3.8) is 0 Å². The molecule has 1 aliphatic rings. The van der Waals surface area contributed by atoms with E-state index in [1.165, 1.54) is 10.5 Å². The lowest BCUT2D eigenvalue weighted by Crippen LogP contribution is -2.02. The predicted octanol–water partition coefficient (Wildman–Crippen LogP) is 4.01. The van der Waals surface area contributed by atoms with Gasteiger partial charge in [0.05, 0.1) is 0 Å². The van der Waals surface area contributed by atoms with E-state index in [-0.39, 0.29) is 0 Å². The van der Waals surface area contributed by atoms with Crippen LogP contribution < -0.4 is 0 Å². The van der Waals surface area contributed by atoms with Crippen molar-refractivity contribution in [2.75, 3.05) is 0 Å². The van der Waals surface area contributed by atoms with E-state index in [0.717, 1.165) is 0 Å². The van der Waals surface area contributed by atoms with E-state index in [0.29, 0.717) is 11.2 Å². The Kier molecular flexibility index (Phi) is 2.78. The van der Waals surface area contributed by atoms with E-state index in [2.05, 4.69) is 43.8 Å². The molecule has 0 fully saturated rings. The molecule has 2 rings (SSSR count). The van der Waals surface area contributed by atoms with Gasteiger partial charge in [-0.25, -0.2) is 0 Å². The van der Waals surface area contributed by atoms with Crippen molar-refractivity contribution in [1.29, 1.82) is 0 Å². The summed E-state index contributed by atoms with van der Waals surface area (Å²) in [6, 6.07) is 8.67. The number of rotatable bonds is 2. The van der Waals surface area contributed by atoms with Crippen LogP contribution in [0.2, 0.25) is 0 Å². The molecule has 0 aliphatic carbocycles. The normalized spacial score (nSPS) is 25.2. The van der Waals surface area contributed by atoms with Gasteiger partial charge < -0.3 is 0 Å². The molecule has 2 atom stereocenters. The monoisotopic (exact) mass is 202 g/mol. The van der Waals surface area contributed by atoms with E-state index in [1.807, 2.05) is 23.9 Å². The fourth-order valence-corrected chi connectivity index (χ4v) is 3.14. The van der Waals surface area contributed by atoms with Crippen molar-refractivity contribution >= 4 is 11.8 Å². The average Bonchev–Trinajstić information content (AvgIpc) is 2.54. The van der Waals surface area contributed by atoms with Crippen LogP contribution in [-0.2, 0) is 0 Å². The summed E-state index contributed by atoms with van der Waals surface area (Å²) >= 11 is 1.95. The molecule has 0 saturated heterocycles. The van der Waals surface area contributed by atoms with Crippen LogP contribution in [0.5, 0.6) is 0 Å². The van der Waals surface area contributed by atoms with Crippen molar-refractivity contribution in [2.24, 2.45) is 0 Å². The first-order valence-corrected chi connectivity index (χ1v) is 5.75. The summed E-state index contributed by atoms with van der Waals surface area (Å²) in [6.07, 6.45) is 6.12. The maximum Gasteiger partial charge on any atom is 0.0344 e. The van der Waals surface area contributed by atoms with Crippen LogP contribution in [0.4, 0.5) is 0 Å². The number of benzene rings is 1. The third kappa shape index (κ3) is 1.64. The highest BCUT2D eigenvalue weighted by molar-refractivity contribution is 8.00. The summed E-state index contributed by atoms with van der Waals surface area (Å²) in [4.78, 5) is 1.43. The maximum absolute atomic E-state index is 3.70. The first-order valence-electron chi connectivity index (χ1n) is 4.87. The number of thioether (sulfide) groups is 1. The summed E-state index contributed by atoms with van der Waals surface area (Å²) in [5.74, 6) is 0.618. The van der Waals surface area contributed by atoms with Crippen LogP contribution in [-0.4, -0.2) is 5.25 Å². The van der Waals surface area contributed by atoms with E-state index in [1.54, 1.807) is 0 Å². The first kappa shape index (κ1) is 9.60. The number of hydrogen-bond donors (Lipinski definition) is 0. The summed E-state index contributed by atoms with van der Waals surface area (Å²) in [7, 11) is 0. The van der Waals surface area contributed by atoms with Gasteiger partial charge in [0.25, 0.3) is 0 Å². The molecule has 2 unspecified atom stereocenters. The highest BCUT2D eigenvalue weighted by Crippen LogP contribution is 2.45. The highest BCUT2D eigenvalue weighted by atomic mass is 32.2. The van der Waals surface area contributed by atoms with Gasteiger partial charge in [-0.15, -0.1) is 11.8 Å². The lowest BCUT2D eigenvalue weighted by Gasteiger charge is -2.09. The zero-order valence-corrected chi connectivity index (χ0v) is 9.13. The Labute approximate surface area is 89.7 Å². The molecule has 1 aromatic rings. The van der Waals surface area contributed by atoms with Crippen molar-refractivity contribution in [2.45, 2.75) is 23.0 Å². The van der Waals surface area contributed by atoms with Crippen LogP contribution in [0.1, 0.15) is 18.4 Å². The van der Waals surface area contributed by atoms with Gasteiger partial charge in [-0.2, -0.15) is 0 Å². The minimum absolute atomic E-state index is 0.574. The zero-order valence-electron chi connectivity index (χ0n) is 8.31. The zero-order chi connectivity index (χ0) is 9.97. The van der Waals surface area contributed by atoms with Gasteiger partial charge in [0.2, 0.25) is 0 Å². The highest BCUT2D eigenvalue weighted by Gasteiger charge is 2.27. The lowest BCUT2D eigenvalue weighted by atomic mass is 9.98. The molecule has 1 heterocycles. The van der Waals surface area contributed by atoms with Crippen LogP contribution >= 0.6 is 11.8 Å². The van der Waals surface area contributed by atoms with Gasteiger partial charge in [-0.3, -0.25) is 0 Å². The van der Waals surface area contributed by atoms with Gasteiger partial charge in [-0.1, -0.05) is 49.9 Å². The van der Waals surface area contributed by atoms with Gasteiger partial charge in [0, 0.05) is 10.1 Å². The Morgan fingerprint density at radius 2 is 2.14 bits per heavy atom. The molecule has 0 nitrogen and oxygen atoms in total. The largest absolute Gasteiger partial charge is 0.118 e. The van der Waals surface area contributed by atoms with Gasteiger partial charge in [0.1, 0.15) is 0 Å². The summed E-state index contributed by atoms with van der Waals surface area (Å²) < 4.78 is 0. The number of fused-ring (bicyclic) bond motifs is 1. The molecule has 0 amide bonds. The second-order valence-corrected chi connectivity index (χ2v) is 4.75. The summed E-state index contributed by atoms with van der Waals surface area (Å²) in [6.45, 7) is 5.99. The smallest absolute Gasteiger partial charge is 0.0344 e. The fraction of sp³-hybridized carbons (Fsp3) is 0.231. The number of hydrogen-bond acceptors (Lipinski definition) is 1. The van der Waals surface area contributed by atoms with Gasteiger partial charge in [-0.05, 0) is 17.5 Å². The third-order valence-corrected chi connectivity index (χ3v) is 4.07. The van der Waals surface area contributed by atoms with Crippen molar-refractivity contribution < 1.29 is 0 Å². The maximum atomic E-state index is 3.70. The van der Waals surface area contributed by atoms with Crippen molar-refractivity contribution in [3.8, 4) is 0 Å². The first-order chi connectivity index (χ1) is 6.83. The minimum Gasteiger partial charge on any atom is -0.118 e. The Bertz CT molecular complexity index is 365. The van der Waals surface area contributed by atoms with E-state index in [4.69, 9.17) is 0 Å². The molecule has 0 radical (unpaired) electrons. The molecule has 1 aromatic carbocycles. The average molecular weight is 202 g/mol. The summed E-state index contributed by atoms with van der Waals surface area (Å²) in [5, 5.41) is 0.574. The molecule has 0 bridgehead atoms. The molecule has 0 aromatic heterocycles. The van der Waals surface area contributed by atoms with Crippen LogP contribution in [0.25, 0.3) is 0 Å². The lowest BCUT2D eigenvalue weighted by molar-refractivity contribution is 0.804. The molecular weight excluding hydrogens is 188 g/mol. The molecule has 72 valence electrons. The van der Waals surface area contributed by atoms with Gasteiger partial charge >= 0.3 is 0 Å². The Morgan fingerprint density at radius 1 is 1.36 bits per heavy atom. The molecule has 0 N–H and O–H groups in total. The van der Waals surface area contributed by atoms with E-state index >= 15 is 0 Å². The van der Waals surface area contributed by atoms with Crippen LogP contribution in [0, 0.1) is 0 Å². The molecule has 0 saturated carbocycles. The van der Waals surface area contributed by atoms with Crippen LogP contribution in [0.3, 0.4) is 0 Å². The molecular formula is C13H14S. The SMILES string of the molecule is C=C/C=C\C1Sc2ccccc2C1C. The van der Waals surface area contributed by atoms with Crippen molar-refractivity contribution in [1.82, 2.24) is 0 Å². The Morgan fingerprint density at radius 3 is 2.86 bits per heavy atom. The molecule has 1 heteroatoms. The minimum atomic E-state index is 0.574. The van der Waals surface area contributed by atoms with E-state index < -0.39 is 0 Å². The summed E-state index contributed by atoms with van der Waals surface area (Å²) in [5.41, 5.74) is 1.48. The molecule has 14 heavy (non-hydrogen) atoms. The number of allylic oxidation sites excluding steroid dienone is 2.